The number of amides is 1. The van der Waals surface area contributed by atoms with Crippen LogP contribution in [0.2, 0.25) is 0 Å². The number of anilines is 1. The lowest BCUT2D eigenvalue weighted by Gasteiger charge is -2.28. The molecule has 2 aromatic heterocycles. The van der Waals surface area contributed by atoms with Gasteiger partial charge in [-0.25, -0.2) is 4.79 Å². The molecule has 1 unspecified atom stereocenters. The van der Waals surface area contributed by atoms with Gasteiger partial charge in [0.25, 0.3) is 0 Å². The minimum absolute atomic E-state index is 0.434. The number of cyclic esters (lactones) is 1. The molecule has 0 bridgehead atoms. The molecule has 3 heterocycles. The second-order valence-electron chi connectivity index (χ2n) is 6.84. The summed E-state index contributed by atoms with van der Waals surface area (Å²) in [6, 6.07) is 15.6. The van der Waals surface area contributed by atoms with Crippen molar-refractivity contribution >= 4 is 22.7 Å². The summed E-state index contributed by atoms with van der Waals surface area (Å²) >= 11 is 0. The number of H-pyrrole nitrogens is 1. The fourth-order valence-electron chi connectivity index (χ4n) is 3.75. The summed E-state index contributed by atoms with van der Waals surface area (Å²) in [4.78, 5) is 16.3. The lowest BCUT2D eigenvalue weighted by atomic mass is 9.93. The Hall–Kier alpha value is -3.71. The van der Waals surface area contributed by atoms with Gasteiger partial charge in [0.1, 0.15) is 5.69 Å². The third-order valence-electron chi connectivity index (χ3n) is 5.07. The van der Waals surface area contributed by atoms with E-state index in [4.69, 9.17) is 9.47 Å². The molecule has 144 valence electrons. The highest BCUT2D eigenvalue weighted by molar-refractivity contribution is 5.99. The number of rotatable bonds is 4. The van der Waals surface area contributed by atoms with E-state index < -0.39 is 12.2 Å². The molecule has 0 saturated carbocycles. The first-order chi connectivity index (χ1) is 14.2. The summed E-state index contributed by atoms with van der Waals surface area (Å²) in [5.41, 5.74) is 6.07. The standard InChI is InChI=1S/C22H18N4O3/c1-28-12-14-4-2-3-5-15(14)21-17-10-16-19(11-18(17)24-22(27)29-21)25-26-20(16)13-6-8-23-9-7-13/h2-11,21H,12H2,1H3,(H,24,27)(H,25,26). The fourth-order valence-corrected chi connectivity index (χ4v) is 3.75. The molecule has 1 aliphatic rings. The van der Waals surface area contributed by atoms with Crippen molar-refractivity contribution < 1.29 is 14.3 Å². The first-order valence-electron chi connectivity index (χ1n) is 9.21. The first-order valence-corrected chi connectivity index (χ1v) is 9.21. The van der Waals surface area contributed by atoms with Crippen LogP contribution in [0.4, 0.5) is 10.5 Å². The quantitative estimate of drug-likeness (QED) is 0.542. The van der Waals surface area contributed by atoms with Gasteiger partial charge in [-0.05, 0) is 29.8 Å². The smallest absolute Gasteiger partial charge is 0.412 e. The van der Waals surface area contributed by atoms with Crippen molar-refractivity contribution in [2.75, 3.05) is 12.4 Å². The van der Waals surface area contributed by atoms with Crippen molar-refractivity contribution in [3.05, 3.63) is 77.6 Å². The van der Waals surface area contributed by atoms with Gasteiger partial charge < -0.3 is 9.47 Å². The molecular weight excluding hydrogens is 368 g/mol. The molecule has 0 radical (unpaired) electrons. The highest BCUT2D eigenvalue weighted by atomic mass is 16.6. The number of benzene rings is 2. The van der Waals surface area contributed by atoms with Crippen LogP contribution in [-0.2, 0) is 16.1 Å². The second kappa shape index (κ2) is 7.03. The first kappa shape index (κ1) is 17.4. The zero-order valence-electron chi connectivity index (χ0n) is 15.7. The Morgan fingerprint density at radius 3 is 2.76 bits per heavy atom. The van der Waals surface area contributed by atoms with Gasteiger partial charge in [0.15, 0.2) is 6.10 Å². The minimum Gasteiger partial charge on any atom is -0.436 e. The molecule has 4 aromatic rings. The van der Waals surface area contributed by atoms with Crippen LogP contribution in [0.1, 0.15) is 22.8 Å². The highest BCUT2D eigenvalue weighted by Gasteiger charge is 2.30. The van der Waals surface area contributed by atoms with E-state index in [2.05, 4.69) is 20.5 Å². The number of hydrogen-bond donors (Lipinski definition) is 2. The number of aromatic amines is 1. The summed E-state index contributed by atoms with van der Waals surface area (Å²) in [5, 5.41) is 11.3. The van der Waals surface area contributed by atoms with Crippen LogP contribution in [0.25, 0.3) is 22.2 Å². The van der Waals surface area contributed by atoms with Gasteiger partial charge in [-0.2, -0.15) is 5.10 Å². The molecule has 0 fully saturated rings. The Kier molecular flexibility index (Phi) is 4.22. The number of methoxy groups -OCH3 is 1. The maximum absolute atomic E-state index is 12.2. The molecule has 0 spiro atoms. The van der Waals surface area contributed by atoms with Gasteiger partial charge in [0.05, 0.1) is 17.8 Å². The van der Waals surface area contributed by atoms with Gasteiger partial charge in [-0.3, -0.25) is 15.4 Å². The van der Waals surface area contributed by atoms with Gasteiger partial charge >= 0.3 is 6.09 Å². The van der Waals surface area contributed by atoms with Crippen LogP contribution < -0.4 is 5.32 Å². The summed E-state index contributed by atoms with van der Waals surface area (Å²) in [5.74, 6) is 0. The maximum atomic E-state index is 12.2. The Morgan fingerprint density at radius 2 is 1.93 bits per heavy atom. The molecule has 0 saturated heterocycles. The van der Waals surface area contributed by atoms with Crippen molar-refractivity contribution in [3.63, 3.8) is 0 Å². The summed E-state index contributed by atoms with van der Waals surface area (Å²) in [6.07, 6.45) is 2.46. The Morgan fingerprint density at radius 1 is 1.10 bits per heavy atom. The third kappa shape index (κ3) is 3.01. The van der Waals surface area contributed by atoms with Crippen LogP contribution >= 0.6 is 0 Å². The predicted molar refractivity (Wildman–Crippen MR) is 108 cm³/mol. The van der Waals surface area contributed by atoms with Gasteiger partial charge in [0, 0.05) is 41.6 Å². The molecule has 7 nitrogen and oxygen atoms in total. The van der Waals surface area contributed by atoms with E-state index in [-0.39, 0.29) is 0 Å². The van der Waals surface area contributed by atoms with E-state index in [0.29, 0.717) is 12.3 Å². The number of aromatic nitrogens is 3. The van der Waals surface area contributed by atoms with Crippen molar-refractivity contribution in [2.24, 2.45) is 0 Å². The monoisotopic (exact) mass is 386 g/mol. The highest BCUT2D eigenvalue weighted by Crippen LogP contribution is 2.40. The molecule has 5 rings (SSSR count). The number of carbonyl (C=O) groups is 1. The Balaban J connectivity index is 1.69. The number of carbonyl (C=O) groups excluding carboxylic acids is 1. The average Bonchev–Trinajstić information content (AvgIpc) is 3.16. The molecule has 2 N–H and O–H groups in total. The Bertz CT molecular complexity index is 1200. The molecule has 1 atom stereocenters. The van der Waals surface area contributed by atoms with E-state index >= 15 is 0 Å². The molecule has 1 aliphatic heterocycles. The van der Waals surface area contributed by atoms with Crippen molar-refractivity contribution in [2.45, 2.75) is 12.7 Å². The topological polar surface area (TPSA) is 89.1 Å². The van der Waals surface area contributed by atoms with Crippen LogP contribution in [0.3, 0.4) is 0 Å². The summed E-state index contributed by atoms with van der Waals surface area (Å²) in [6.45, 7) is 0.434. The third-order valence-corrected chi connectivity index (χ3v) is 5.07. The zero-order chi connectivity index (χ0) is 19.8. The van der Waals surface area contributed by atoms with Crippen LogP contribution in [-0.4, -0.2) is 28.4 Å². The van der Waals surface area contributed by atoms with E-state index in [0.717, 1.165) is 38.9 Å². The number of hydrogen-bond acceptors (Lipinski definition) is 5. The Labute approximate surface area is 166 Å². The van der Waals surface area contributed by atoms with E-state index in [1.165, 1.54) is 0 Å². The van der Waals surface area contributed by atoms with Gasteiger partial charge in [0.2, 0.25) is 0 Å². The summed E-state index contributed by atoms with van der Waals surface area (Å²) in [7, 11) is 1.65. The number of nitrogens with zero attached hydrogens (tertiary/aromatic N) is 2. The van der Waals surface area contributed by atoms with Crippen molar-refractivity contribution in [3.8, 4) is 11.3 Å². The molecule has 2 aromatic carbocycles. The summed E-state index contributed by atoms with van der Waals surface area (Å²) < 4.78 is 11.0. The number of pyridine rings is 1. The van der Waals surface area contributed by atoms with Crippen molar-refractivity contribution in [1.82, 2.24) is 15.2 Å². The number of nitrogens with one attached hydrogen (secondary N) is 2. The van der Waals surface area contributed by atoms with Gasteiger partial charge in [-0.1, -0.05) is 24.3 Å². The van der Waals surface area contributed by atoms with Crippen LogP contribution in [0, 0.1) is 0 Å². The largest absolute Gasteiger partial charge is 0.436 e. The number of fused-ring (bicyclic) bond motifs is 2. The molecule has 0 aliphatic carbocycles. The molecule has 1 amide bonds. The normalized spacial score (nSPS) is 15.6. The maximum Gasteiger partial charge on any atom is 0.412 e. The number of ether oxygens (including phenoxy) is 2. The fraction of sp³-hybridized carbons (Fsp3) is 0.136. The lowest BCUT2D eigenvalue weighted by Crippen LogP contribution is -2.26. The van der Waals surface area contributed by atoms with Gasteiger partial charge in [-0.15, -0.1) is 0 Å². The second-order valence-corrected chi connectivity index (χ2v) is 6.84. The zero-order valence-corrected chi connectivity index (χ0v) is 15.7. The average molecular weight is 386 g/mol. The van der Waals surface area contributed by atoms with Crippen LogP contribution in [0.15, 0.2) is 60.9 Å². The predicted octanol–water partition coefficient (Wildman–Crippen LogP) is 4.42. The van der Waals surface area contributed by atoms with E-state index in [1.807, 2.05) is 48.5 Å². The van der Waals surface area contributed by atoms with Crippen LogP contribution in [0.5, 0.6) is 0 Å². The molecule has 29 heavy (non-hydrogen) atoms. The lowest BCUT2D eigenvalue weighted by molar-refractivity contribution is 0.124. The van der Waals surface area contributed by atoms with E-state index in [9.17, 15) is 4.79 Å². The van der Waals surface area contributed by atoms with Crippen molar-refractivity contribution in [1.29, 1.82) is 0 Å². The minimum atomic E-state index is -0.533. The molecular formula is C22H18N4O3. The van der Waals surface area contributed by atoms with E-state index in [1.54, 1.807) is 19.5 Å². The molecule has 7 heteroatoms. The SMILES string of the molecule is COCc1ccccc1C1OC(=O)Nc2cc3[nH]nc(-c4ccncc4)c3cc21.